The van der Waals surface area contributed by atoms with Gasteiger partial charge in [0.2, 0.25) is 0 Å². The summed E-state index contributed by atoms with van der Waals surface area (Å²) in [5, 5.41) is 11.6. The van der Waals surface area contributed by atoms with E-state index in [0.717, 1.165) is 15.8 Å². The molecular formula is C17H14FN7O2. The van der Waals surface area contributed by atoms with E-state index in [1.54, 1.807) is 18.3 Å². The number of nitrogens with zero attached hydrogens (tertiary/aromatic N) is 6. The van der Waals surface area contributed by atoms with Gasteiger partial charge in [-0.25, -0.2) is 28.0 Å². The maximum atomic E-state index is 12.7. The van der Waals surface area contributed by atoms with Crippen LogP contribution in [-0.4, -0.2) is 36.2 Å². The monoisotopic (exact) mass is 367 g/mol. The van der Waals surface area contributed by atoms with Crippen LogP contribution in [0.5, 0.6) is 0 Å². The van der Waals surface area contributed by atoms with Crippen LogP contribution in [0.25, 0.3) is 28.0 Å². The van der Waals surface area contributed by atoms with Gasteiger partial charge in [0.1, 0.15) is 23.2 Å². The standard InChI is InChI=1S/C17H14FN7O2/c18-7-11(8-19)9-25-17(26)24(10-21-25)16-6-13(3-4-20-16)12-1-2-14-15(5-12)23-27-22-14/h1-7,10H,8-9,19H2/b11-7+. The zero-order valence-electron chi connectivity index (χ0n) is 14.0. The Bertz CT molecular complexity index is 1190. The van der Waals surface area contributed by atoms with Gasteiger partial charge in [-0.15, -0.1) is 0 Å². The molecular weight excluding hydrogens is 353 g/mol. The Morgan fingerprint density at radius 1 is 1.19 bits per heavy atom. The van der Waals surface area contributed by atoms with E-state index in [9.17, 15) is 9.18 Å². The third-order valence-electron chi connectivity index (χ3n) is 4.08. The first-order valence-corrected chi connectivity index (χ1v) is 8.01. The highest BCUT2D eigenvalue weighted by molar-refractivity contribution is 5.80. The molecule has 3 aromatic heterocycles. The lowest BCUT2D eigenvalue weighted by atomic mass is 10.1. The summed E-state index contributed by atoms with van der Waals surface area (Å²) in [6, 6.07) is 9.06. The van der Waals surface area contributed by atoms with Gasteiger partial charge >= 0.3 is 5.69 Å². The van der Waals surface area contributed by atoms with E-state index >= 15 is 0 Å². The predicted octanol–water partition coefficient (Wildman–Crippen LogP) is 1.44. The zero-order valence-corrected chi connectivity index (χ0v) is 14.0. The Kier molecular flexibility index (Phi) is 4.30. The third kappa shape index (κ3) is 3.13. The Balaban J connectivity index is 1.70. The number of hydrogen-bond donors (Lipinski definition) is 1. The lowest BCUT2D eigenvalue weighted by Gasteiger charge is -2.05. The van der Waals surface area contributed by atoms with Gasteiger partial charge < -0.3 is 5.73 Å². The molecule has 0 amide bonds. The van der Waals surface area contributed by atoms with Crippen LogP contribution < -0.4 is 11.4 Å². The SMILES string of the molecule is NC/C(=C\F)Cn1ncn(-c2cc(-c3ccc4nonc4c3)ccn2)c1=O. The second-order valence-electron chi connectivity index (χ2n) is 5.78. The quantitative estimate of drug-likeness (QED) is 0.567. The van der Waals surface area contributed by atoms with Gasteiger partial charge in [0, 0.05) is 12.7 Å². The van der Waals surface area contributed by atoms with Gasteiger partial charge in [0.05, 0.1) is 12.9 Å². The largest absolute Gasteiger partial charge is 0.351 e. The number of rotatable bonds is 5. The number of nitrogens with two attached hydrogens (primary N) is 1. The summed E-state index contributed by atoms with van der Waals surface area (Å²) < 4.78 is 19.8. The third-order valence-corrected chi connectivity index (χ3v) is 4.08. The van der Waals surface area contributed by atoms with Crippen molar-refractivity contribution in [2.24, 2.45) is 5.73 Å². The molecule has 4 aromatic rings. The molecule has 0 atom stereocenters. The number of hydrogen-bond acceptors (Lipinski definition) is 7. The molecule has 0 aliphatic rings. The molecule has 0 aliphatic heterocycles. The van der Waals surface area contributed by atoms with Crippen molar-refractivity contribution in [3.05, 3.63) is 65.2 Å². The number of fused-ring (bicyclic) bond motifs is 1. The molecule has 0 spiro atoms. The molecule has 9 nitrogen and oxygen atoms in total. The summed E-state index contributed by atoms with van der Waals surface area (Å²) in [6.07, 6.45) is 3.32. The lowest BCUT2D eigenvalue weighted by Crippen LogP contribution is -2.26. The van der Waals surface area contributed by atoms with Crippen molar-refractivity contribution < 1.29 is 9.02 Å². The van der Waals surface area contributed by atoms with Crippen LogP contribution in [0.3, 0.4) is 0 Å². The summed E-state index contributed by atoms with van der Waals surface area (Å²) >= 11 is 0. The maximum absolute atomic E-state index is 12.7. The minimum absolute atomic E-state index is 0.00289. The van der Waals surface area contributed by atoms with Crippen LogP contribution in [0.15, 0.2) is 64.2 Å². The van der Waals surface area contributed by atoms with Crippen molar-refractivity contribution in [2.75, 3.05) is 6.54 Å². The minimum atomic E-state index is -0.441. The van der Waals surface area contributed by atoms with E-state index in [0.29, 0.717) is 23.2 Å². The number of pyridine rings is 1. The van der Waals surface area contributed by atoms with Crippen LogP contribution in [0.1, 0.15) is 0 Å². The zero-order chi connectivity index (χ0) is 18.8. The fourth-order valence-electron chi connectivity index (χ4n) is 2.63. The average Bonchev–Trinajstić information content (AvgIpc) is 3.32. The van der Waals surface area contributed by atoms with Crippen LogP contribution in [0.4, 0.5) is 4.39 Å². The van der Waals surface area contributed by atoms with Crippen molar-refractivity contribution in [1.82, 2.24) is 29.6 Å². The van der Waals surface area contributed by atoms with E-state index in [1.165, 1.54) is 10.9 Å². The van der Waals surface area contributed by atoms with Crippen molar-refractivity contribution >= 4 is 11.0 Å². The summed E-state index contributed by atoms with van der Waals surface area (Å²) in [7, 11) is 0. The topological polar surface area (TPSA) is 118 Å². The van der Waals surface area contributed by atoms with Crippen LogP contribution in [0, 0.1) is 0 Å². The second-order valence-corrected chi connectivity index (χ2v) is 5.78. The highest BCUT2D eigenvalue weighted by Crippen LogP contribution is 2.23. The second kappa shape index (κ2) is 6.92. The van der Waals surface area contributed by atoms with Crippen LogP contribution in [0.2, 0.25) is 0 Å². The highest BCUT2D eigenvalue weighted by Gasteiger charge is 2.11. The molecule has 0 unspecified atom stereocenters. The summed E-state index contributed by atoms with van der Waals surface area (Å²) in [5.74, 6) is 0.389. The van der Waals surface area contributed by atoms with E-state index in [2.05, 4.69) is 20.4 Å². The molecule has 0 aliphatic carbocycles. The molecule has 1 aromatic carbocycles. The molecule has 0 fully saturated rings. The molecule has 27 heavy (non-hydrogen) atoms. The molecule has 0 radical (unpaired) electrons. The van der Waals surface area contributed by atoms with Gasteiger partial charge in [0.15, 0.2) is 0 Å². The lowest BCUT2D eigenvalue weighted by molar-refractivity contribution is 0.315. The van der Waals surface area contributed by atoms with Gasteiger partial charge in [-0.1, -0.05) is 6.07 Å². The first-order chi connectivity index (χ1) is 13.2. The molecule has 4 rings (SSSR count). The normalized spacial score (nSPS) is 12.0. The number of halogens is 1. The van der Waals surface area contributed by atoms with Crippen LogP contribution >= 0.6 is 0 Å². The van der Waals surface area contributed by atoms with Crippen molar-refractivity contribution in [1.29, 1.82) is 0 Å². The van der Waals surface area contributed by atoms with Gasteiger partial charge in [-0.3, -0.25) is 0 Å². The van der Waals surface area contributed by atoms with Gasteiger partial charge in [0.25, 0.3) is 0 Å². The van der Waals surface area contributed by atoms with Gasteiger partial charge in [-0.05, 0) is 51.3 Å². The number of aromatic nitrogens is 6. The Labute approximate surface area is 151 Å². The van der Waals surface area contributed by atoms with E-state index in [1.807, 2.05) is 18.2 Å². The first-order valence-electron chi connectivity index (χ1n) is 8.01. The van der Waals surface area contributed by atoms with Crippen molar-refractivity contribution in [3.8, 4) is 16.9 Å². The molecule has 2 N–H and O–H groups in total. The summed E-state index contributed by atoms with van der Waals surface area (Å²) in [5.41, 5.74) is 8.23. The fraction of sp³-hybridized carbons (Fsp3) is 0.118. The fourth-order valence-corrected chi connectivity index (χ4v) is 2.63. The first kappa shape index (κ1) is 16.8. The Morgan fingerprint density at radius 3 is 2.81 bits per heavy atom. The van der Waals surface area contributed by atoms with E-state index in [4.69, 9.17) is 10.4 Å². The predicted molar refractivity (Wildman–Crippen MR) is 94.7 cm³/mol. The average molecular weight is 367 g/mol. The van der Waals surface area contributed by atoms with Crippen LogP contribution in [-0.2, 0) is 6.54 Å². The number of benzene rings is 1. The highest BCUT2D eigenvalue weighted by atomic mass is 19.1. The Morgan fingerprint density at radius 2 is 2.00 bits per heavy atom. The van der Waals surface area contributed by atoms with Crippen molar-refractivity contribution in [3.63, 3.8) is 0 Å². The molecule has 0 bridgehead atoms. The maximum Gasteiger partial charge on any atom is 0.351 e. The van der Waals surface area contributed by atoms with E-state index < -0.39 is 5.69 Å². The minimum Gasteiger partial charge on any atom is -0.327 e. The molecule has 0 saturated heterocycles. The summed E-state index contributed by atoms with van der Waals surface area (Å²) in [4.78, 5) is 16.8. The van der Waals surface area contributed by atoms with Crippen molar-refractivity contribution in [2.45, 2.75) is 6.54 Å². The molecule has 3 heterocycles. The summed E-state index contributed by atoms with van der Waals surface area (Å²) in [6.45, 7) is -0.0166. The Hall–Kier alpha value is -3.66. The molecule has 10 heteroatoms. The molecule has 0 saturated carbocycles. The smallest absolute Gasteiger partial charge is 0.327 e. The van der Waals surface area contributed by atoms with E-state index in [-0.39, 0.29) is 18.7 Å². The van der Waals surface area contributed by atoms with Gasteiger partial charge in [-0.2, -0.15) is 5.10 Å². The molecule has 136 valence electrons.